The number of carbonyl (C=O) groups excluding carboxylic acids is 3. The maximum atomic E-state index is 14.4. The van der Waals surface area contributed by atoms with Crippen molar-refractivity contribution < 1.29 is 47.1 Å². The number of hydrogen-bond acceptors (Lipinski definition) is 15. The molecule has 2 aromatic rings. The molecule has 0 radical (unpaired) electrons. The SMILES string of the molecule is CC[C@H]1OC(=O)[C@H](C)C(=O)[C@H](C)[C@@H](O[C@@H]2O[C@H](C)CC(N(C)C)C2O)[C@](C)(OC)C[C@@H](C)CN[C@H](C)[C@H]2N(CCCCn3cc(-c4ccccn4)nn3)C(=O)O[C@]12C.CSF. The average molecular weight is 880 g/mol. The number of Topliss-reactive ketones (excluding diaryl/α,β-unsaturated/α-hetero) is 1. The summed E-state index contributed by atoms with van der Waals surface area (Å²) in [6.45, 7) is 16.4. The van der Waals surface area contributed by atoms with Gasteiger partial charge in [0.25, 0.3) is 0 Å². The smallest absolute Gasteiger partial charge is 0.410 e. The van der Waals surface area contributed by atoms with E-state index in [0.717, 1.165) is 12.1 Å². The van der Waals surface area contributed by atoms with E-state index in [1.54, 1.807) is 29.8 Å². The summed E-state index contributed by atoms with van der Waals surface area (Å²) < 4.78 is 43.5. The lowest BCUT2D eigenvalue weighted by atomic mass is 9.78. The van der Waals surface area contributed by atoms with Crippen molar-refractivity contribution in [2.24, 2.45) is 17.8 Å². The molecule has 0 bridgehead atoms. The lowest BCUT2D eigenvalue weighted by molar-refractivity contribution is -0.295. The number of nitrogens with one attached hydrogen (secondary N) is 1. The molecule has 18 heteroatoms. The Morgan fingerprint density at radius 2 is 1.77 bits per heavy atom. The van der Waals surface area contributed by atoms with Crippen LogP contribution in [0.25, 0.3) is 11.4 Å². The molecule has 2 N–H and O–H groups in total. The number of aryl methyl sites for hydroxylation is 1. The van der Waals surface area contributed by atoms with E-state index in [9.17, 15) is 23.4 Å². The number of unbranched alkanes of at least 4 members (excludes halogenated alkanes) is 1. The molecule has 3 fully saturated rings. The Kier molecular flexibility index (Phi) is 18.5. The maximum absolute atomic E-state index is 14.4. The predicted molar refractivity (Wildman–Crippen MR) is 230 cm³/mol. The largest absolute Gasteiger partial charge is 0.458 e. The number of cyclic esters (lactones) is 1. The topological polar surface area (TPSA) is 180 Å². The molecule has 2 unspecified atom stereocenters. The van der Waals surface area contributed by atoms with Gasteiger partial charge < -0.3 is 39.0 Å². The number of ketones is 1. The first-order valence-corrected chi connectivity index (χ1v) is 22.6. The van der Waals surface area contributed by atoms with E-state index >= 15 is 0 Å². The van der Waals surface area contributed by atoms with Gasteiger partial charge in [0.15, 0.2) is 17.7 Å². The standard InChI is InChI=1S/C42H67N7O9.CH3FS/c1-12-33-42(8)36(49(40(53)58-42)20-16-15-19-48-24-31(45-46-48)30-17-13-14-18-43-30)29(6)44-23-25(2)22-41(7,54-11)37(27(4)34(50)28(5)38(52)56-33)57-39-35(51)32(47(9)10)21-26(3)55-39;1-3-2/h13-14,17-18,24-29,32-33,35-37,39,44,51H,12,15-16,19-23H2,1-11H3;1H3/t25-,26-,27+,28-,29-,32?,33-,35?,36-,37-,39+,41-,42-;/m1./s1. The molecule has 0 spiro atoms. The Bertz CT molecular complexity index is 1710. The molecular formula is C43H70FN7O9S. The van der Waals surface area contributed by atoms with Gasteiger partial charge in [-0.3, -0.25) is 24.2 Å². The molecule has 13 atom stereocenters. The Morgan fingerprint density at radius 1 is 1.08 bits per heavy atom. The second-order valence-electron chi connectivity index (χ2n) is 17.5. The summed E-state index contributed by atoms with van der Waals surface area (Å²) in [6.07, 6.45) is 3.30. The molecule has 3 aliphatic rings. The number of rotatable bonds is 11. The molecule has 0 aromatic carbocycles. The molecule has 0 aliphatic carbocycles. The second kappa shape index (κ2) is 22.4. The van der Waals surface area contributed by atoms with Crippen molar-refractivity contribution in [2.75, 3.05) is 40.6 Å². The number of carbonyl (C=O) groups is 3. The minimum absolute atomic E-state index is 0.00904. The van der Waals surface area contributed by atoms with Gasteiger partial charge in [0.2, 0.25) is 0 Å². The number of methoxy groups -OCH3 is 1. The van der Waals surface area contributed by atoms with Gasteiger partial charge in [-0.15, -0.1) is 5.10 Å². The van der Waals surface area contributed by atoms with Crippen LogP contribution in [0.3, 0.4) is 0 Å². The van der Waals surface area contributed by atoms with Gasteiger partial charge >= 0.3 is 12.1 Å². The Balaban J connectivity index is 0.00000265. The highest BCUT2D eigenvalue weighted by Crippen LogP contribution is 2.40. The summed E-state index contributed by atoms with van der Waals surface area (Å²) in [5, 5.41) is 23.6. The zero-order chi connectivity index (χ0) is 45.2. The van der Waals surface area contributed by atoms with Gasteiger partial charge in [-0.1, -0.05) is 32.1 Å². The van der Waals surface area contributed by atoms with Crippen molar-refractivity contribution in [1.29, 1.82) is 0 Å². The van der Waals surface area contributed by atoms with Crippen LogP contribution in [-0.2, 0) is 39.8 Å². The quantitative estimate of drug-likeness (QED) is 0.168. The van der Waals surface area contributed by atoms with Crippen LogP contribution in [0.4, 0.5) is 8.68 Å². The first kappa shape index (κ1) is 50.4. The number of ether oxygens (including phenoxy) is 5. The zero-order valence-electron chi connectivity index (χ0n) is 38.1. The van der Waals surface area contributed by atoms with Crippen LogP contribution in [0.15, 0.2) is 30.6 Å². The van der Waals surface area contributed by atoms with E-state index in [1.807, 2.05) is 78.0 Å². The summed E-state index contributed by atoms with van der Waals surface area (Å²) in [7, 11) is 5.39. The van der Waals surface area contributed by atoms with Crippen LogP contribution < -0.4 is 5.32 Å². The van der Waals surface area contributed by atoms with Crippen LogP contribution in [0.1, 0.15) is 87.5 Å². The number of aromatic nitrogens is 4. The number of esters is 1. The van der Waals surface area contributed by atoms with Crippen LogP contribution in [-0.4, -0.2) is 153 Å². The molecule has 0 saturated carbocycles. The van der Waals surface area contributed by atoms with Crippen molar-refractivity contribution in [1.82, 2.24) is 35.1 Å². The van der Waals surface area contributed by atoms with Crippen molar-refractivity contribution in [3.63, 3.8) is 0 Å². The molecule has 2 aromatic heterocycles. The summed E-state index contributed by atoms with van der Waals surface area (Å²) >= 11 is 0.250. The fraction of sp³-hybridized carbons (Fsp3) is 0.767. The molecule has 5 rings (SSSR count). The second-order valence-corrected chi connectivity index (χ2v) is 17.8. The third-order valence-corrected chi connectivity index (χ3v) is 12.6. The number of amides is 1. The summed E-state index contributed by atoms with van der Waals surface area (Å²) in [5.41, 5.74) is -0.833. The van der Waals surface area contributed by atoms with Crippen molar-refractivity contribution in [3.8, 4) is 11.4 Å². The van der Waals surface area contributed by atoms with Gasteiger partial charge in [-0.2, -0.15) is 3.89 Å². The molecule has 3 saturated heterocycles. The number of hydrogen-bond donors (Lipinski definition) is 2. The molecule has 5 heterocycles. The van der Waals surface area contributed by atoms with Crippen molar-refractivity contribution in [3.05, 3.63) is 30.6 Å². The first-order valence-electron chi connectivity index (χ1n) is 21.5. The van der Waals surface area contributed by atoms with Gasteiger partial charge in [0, 0.05) is 62.8 Å². The van der Waals surface area contributed by atoms with E-state index < -0.39 is 71.5 Å². The molecule has 1 amide bonds. The molecule has 3 aliphatic heterocycles. The number of nitrogens with zero attached hydrogens (tertiary/aromatic N) is 6. The highest BCUT2D eigenvalue weighted by molar-refractivity contribution is 7.93. The van der Waals surface area contributed by atoms with Crippen LogP contribution in [0.2, 0.25) is 0 Å². The third-order valence-electron chi connectivity index (χ3n) is 12.6. The minimum atomic E-state index is -1.23. The fourth-order valence-corrected chi connectivity index (χ4v) is 9.25. The number of aliphatic hydroxyl groups is 1. The van der Waals surface area contributed by atoms with Gasteiger partial charge in [-0.05, 0) is 105 Å². The summed E-state index contributed by atoms with van der Waals surface area (Å²) in [4.78, 5) is 50.2. The molecular weight excluding hydrogens is 810 g/mol. The zero-order valence-corrected chi connectivity index (χ0v) is 38.9. The van der Waals surface area contributed by atoms with E-state index in [1.165, 1.54) is 13.2 Å². The minimum Gasteiger partial charge on any atom is -0.458 e. The van der Waals surface area contributed by atoms with Crippen LogP contribution in [0.5, 0.6) is 0 Å². The Labute approximate surface area is 365 Å². The molecule has 61 heavy (non-hydrogen) atoms. The lowest BCUT2D eigenvalue weighted by Crippen LogP contribution is -2.61. The van der Waals surface area contributed by atoms with E-state index in [-0.39, 0.29) is 36.3 Å². The van der Waals surface area contributed by atoms with Crippen LogP contribution >= 0.6 is 12.1 Å². The average Bonchev–Trinajstić information content (AvgIpc) is 3.81. The molecule has 344 valence electrons. The highest BCUT2D eigenvalue weighted by Gasteiger charge is 2.58. The third kappa shape index (κ3) is 12.1. The monoisotopic (exact) mass is 879 g/mol. The molecule has 16 nitrogen and oxygen atoms in total. The van der Waals surface area contributed by atoms with E-state index in [2.05, 4.69) is 27.5 Å². The number of pyridine rings is 1. The summed E-state index contributed by atoms with van der Waals surface area (Å²) in [5.74, 6) is -3.15. The normalized spacial score (nSPS) is 35.4. The van der Waals surface area contributed by atoms with Gasteiger partial charge in [0.1, 0.15) is 23.8 Å². The van der Waals surface area contributed by atoms with Crippen LogP contribution in [0, 0.1) is 17.8 Å². The number of fused-ring (bicyclic) bond motifs is 1. The Hall–Kier alpha value is -3.26. The Morgan fingerprint density at radius 3 is 2.39 bits per heavy atom. The summed E-state index contributed by atoms with van der Waals surface area (Å²) in [6, 6.07) is 4.61. The van der Waals surface area contributed by atoms with Gasteiger partial charge in [0.05, 0.1) is 35.7 Å². The predicted octanol–water partition coefficient (Wildman–Crippen LogP) is 5.33. The lowest BCUT2D eigenvalue weighted by Gasteiger charge is -2.46. The number of aliphatic hydroxyl groups excluding tert-OH is 1. The van der Waals surface area contributed by atoms with E-state index in [0.29, 0.717) is 51.0 Å². The highest BCUT2D eigenvalue weighted by atomic mass is 32.2. The number of halogens is 1. The first-order chi connectivity index (χ1) is 28.8. The van der Waals surface area contributed by atoms with Crippen molar-refractivity contribution >= 4 is 30.0 Å². The number of likely N-dealkylation sites (N-methyl/N-ethyl adjacent to an activating group) is 1. The maximum Gasteiger partial charge on any atom is 0.410 e. The van der Waals surface area contributed by atoms with E-state index in [4.69, 9.17) is 23.7 Å². The van der Waals surface area contributed by atoms with Crippen molar-refractivity contribution in [2.45, 2.75) is 154 Å². The van der Waals surface area contributed by atoms with Gasteiger partial charge in [-0.25, -0.2) is 4.79 Å². The fourth-order valence-electron chi connectivity index (χ4n) is 9.25.